The van der Waals surface area contributed by atoms with Gasteiger partial charge >= 0.3 is 6.43 Å². The third-order valence-electron chi connectivity index (χ3n) is 1.17. The van der Waals surface area contributed by atoms with Crippen molar-refractivity contribution in [3.63, 3.8) is 0 Å². The summed E-state index contributed by atoms with van der Waals surface area (Å²) in [6.45, 7) is 0. The van der Waals surface area contributed by atoms with Gasteiger partial charge in [0.05, 0.1) is 6.20 Å². The molecule has 0 aliphatic heterocycles. The minimum Gasteiger partial charge on any atom is -0.286 e. The van der Waals surface area contributed by atoms with Gasteiger partial charge in [-0.1, -0.05) is 5.21 Å². The Labute approximate surface area is 60.8 Å². The summed E-state index contributed by atoms with van der Waals surface area (Å²) in [5.41, 5.74) is -0.181. The normalized spacial score (nSPS) is 10.5. The van der Waals surface area contributed by atoms with Crippen molar-refractivity contribution >= 4 is 5.78 Å². The van der Waals surface area contributed by atoms with Gasteiger partial charge in [0.15, 0.2) is 0 Å². The van der Waals surface area contributed by atoms with E-state index < -0.39 is 12.2 Å². The van der Waals surface area contributed by atoms with E-state index in [9.17, 15) is 13.6 Å². The first kappa shape index (κ1) is 7.77. The fourth-order valence-electron chi connectivity index (χ4n) is 0.625. The number of aromatic nitrogens is 3. The number of nitrogens with zero attached hydrogens (tertiary/aromatic N) is 3. The average Bonchev–Trinajstić information content (AvgIpc) is 2.33. The zero-order valence-electron chi connectivity index (χ0n) is 5.66. The van der Waals surface area contributed by atoms with Crippen LogP contribution in [0.4, 0.5) is 8.78 Å². The Bertz CT molecular complexity index is 270. The SMILES string of the molecule is Cn1nncc1C(=O)C(F)F. The van der Waals surface area contributed by atoms with Gasteiger partial charge in [-0.15, -0.1) is 5.10 Å². The van der Waals surface area contributed by atoms with Crippen LogP contribution in [-0.4, -0.2) is 27.2 Å². The van der Waals surface area contributed by atoms with Crippen LogP contribution in [0.25, 0.3) is 0 Å². The quantitative estimate of drug-likeness (QED) is 0.584. The number of hydrogen-bond acceptors (Lipinski definition) is 3. The van der Waals surface area contributed by atoms with Crippen molar-refractivity contribution in [3.05, 3.63) is 11.9 Å². The molecule has 0 aliphatic rings. The molecule has 11 heavy (non-hydrogen) atoms. The number of carbonyl (C=O) groups is 1. The summed E-state index contributed by atoms with van der Waals surface area (Å²) in [5.74, 6) is -1.25. The van der Waals surface area contributed by atoms with Crippen LogP contribution in [0.5, 0.6) is 0 Å². The zero-order chi connectivity index (χ0) is 8.43. The molecule has 0 atom stereocenters. The van der Waals surface area contributed by atoms with E-state index in [1.807, 2.05) is 0 Å². The molecule has 1 aromatic rings. The zero-order valence-corrected chi connectivity index (χ0v) is 5.66. The molecule has 6 heteroatoms. The van der Waals surface area contributed by atoms with Gasteiger partial charge in [0, 0.05) is 7.05 Å². The van der Waals surface area contributed by atoms with Gasteiger partial charge in [-0.3, -0.25) is 4.79 Å². The largest absolute Gasteiger partial charge is 0.302 e. The molecule has 0 radical (unpaired) electrons. The van der Waals surface area contributed by atoms with Gasteiger partial charge < -0.3 is 0 Å². The number of alkyl halides is 2. The molecule has 0 aromatic carbocycles. The van der Waals surface area contributed by atoms with Crippen LogP contribution >= 0.6 is 0 Å². The fraction of sp³-hybridized carbons (Fsp3) is 0.400. The number of halogens is 2. The van der Waals surface area contributed by atoms with Gasteiger partial charge in [0.25, 0.3) is 0 Å². The predicted molar refractivity (Wildman–Crippen MR) is 31.3 cm³/mol. The van der Waals surface area contributed by atoms with Crippen molar-refractivity contribution in [2.75, 3.05) is 0 Å². The number of ketones is 1. The number of Topliss-reactive ketones (excluding diaryl/α,β-unsaturated/α-hetero) is 1. The van der Waals surface area contributed by atoms with E-state index in [0.29, 0.717) is 0 Å². The monoisotopic (exact) mass is 161 g/mol. The summed E-state index contributed by atoms with van der Waals surface area (Å²) in [4.78, 5) is 10.6. The van der Waals surface area contributed by atoms with Gasteiger partial charge in [-0.2, -0.15) is 0 Å². The Morgan fingerprint density at radius 3 is 2.73 bits per heavy atom. The molecule has 0 aliphatic carbocycles. The summed E-state index contributed by atoms with van der Waals surface area (Å²) < 4.78 is 24.5. The first-order valence-corrected chi connectivity index (χ1v) is 2.80. The Hall–Kier alpha value is -1.33. The minimum absolute atomic E-state index is 0.181. The molecule has 4 nitrogen and oxygen atoms in total. The summed E-state index contributed by atoms with van der Waals surface area (Å²) in [6, 6.07) is 0. The van der Waals surface area contributed by atoms with Crippen LogP contribution < -0.4 is 0 Å². The number of rotatable bonds is 2. The topological polar surface area (TPSA) is 47.8 Å². The maximum Gasteiger partial charge on any atom is 0.302 e. The van der Waals surface area contributed by atoms with Crippen molar-refractivity contribution in [2.45, 2.75) is 6.43 Å². The molecule has 0 N–H and O–H groups in total. The van der Waals surface area contributed by atoms with E-state index in [1.165, 1.54) is 7.05 Å². The Balaban J connectivity index is 2.93. The lowest BCUT2D eigenvalue weighted by molar-refractivity contribution is 0.0668. The van der Waals surface area contributed by atoms with Crippen LogP contribution in [0.3, 0.4) is 0 Å². The van der Waals surface area contributed by atoms with Crippen molar-refractivity contribution in [1.82, 2.24) is 15.0 Å². The average molecular weight is 161 g/mol. The van der Waals surface area contributed by atoms with Gasteiger partial charge in [-0.25, -0.2) is 13.5 Å². The lowest BCUT2D eigenvalue weighted by atomic mass is 10.3. The van der Waals surface area contributed by atoms with Crippen molar-refractivity contribution in [3.8, 4) is 0 Å². The Morgan fingerprint density at radius 2 is 2.36 bits per heavy atom. The van der Waals surface area contributed by atoms with Gasteiger partial charge in [-0.05, 0) is 0 Å². The predicted octanol–water partition coefficient (Wildman–Crippen LogP) is 0.263. The molecule has 0 saturated carbocycles. The number of aryl methyl sites for hydroxylation is 1. The lowest BCUT2D eigenvalue weighted by Crippen LogP contribution is -2.14. The Morgan fingerprint density at radius 1 is 1.73 bits per heavy atom. The standard InChI is InChI=1S/C5H5F2N3O/c1-10-3(2-8-9-10)4(11)5(6)7/h2,5H,1H3. The molecule has 0 saturated heterocycles. The number of carbonyl (C=O) groups excluding carboxylic acids is 1. The molecule has 0 bridgehead atoms. The molecule has 0 spiro atoms. The Kier molecular flexibility index (Phi) is 1.93. The van der Waals surface area contributed by atoms with Crippen LogP contribution in [-0.2, 0) is 7.05 Å². The van der Waals surface area contributed by atoms with E-state index >= 15 is 0 Å². The lowest BCUT2D eigenvalue weighted by Gasteiger charge is -1.96. The first-order chi connectivity index (χ1) is 5.13. The van der Waals surface area contributed by atoms with E-state index in [2.05, 4.69) is 10.3 Å². The molecular weight excluding hydrogens is 156 g/mol. The molecule has 1 aromatic heterocycles. The van der Waals surface area contributed by atoms with E-state index in [4.69, 9.17) is 0 Å². The highest BCUT2D eigenvalue weighted by Crippen LogP contribution is 2.03. The molecule has 1 rings (SSSR count). The summed E-state index contributed by atoms with van der Waals surface area (Å²) in [7, 11) is 1.38. The number of hydrogen-bond donors (Lipinski definition) is 0. The van der Waals surface area contributed by atoms with Crippen LogP contribution in [0.15, 0.2) is 6.20 Å². The summed E-state index contributed by atoms with van der Waals surface area (Å²) >= 11 is 0. The maximum absolute atomic E-state index is 11.8. The molecule has 0 fully saturated rings. The highest BCUT2D eigenvalue weighted by Gasteiger charge is 2.20. The van der Waals surface area contributed by atoms with Gasteiger partial charge in [0.2, 0.25) is 5.78 Å². The molecular formula is C5H5F2N3O. The van der Waals surface area contributed by atoms with Crippen molar-refractivity contribution in [1.29, 1.82) is 0 Å². The van der Waals surface area contributed by atoms with Crippen LogP contribution in [0.2, 0.25) is 0 Å². The minimum atomic E-state index is -2.99. The van der Waals surface area contributed by atoms with Crippen LogP contribution in [0.1, 0.15) is 10.5 Å². The third kappa shape index (κ3) is 1.39. The summed E-state index contributed by atoms with van der Waals surface area (Å²) in [5, 5.41) is 6.62. The molecule has 0 amide bonds. The molecule has 60 valence electrons. The second-order valence-corrected chi connectivity index (χ2v) is 1.91. The fourth-order valence-corrected chi connectivity index (χ4v) is 0.625. The highest BCUT2D eigenvalue weighted by atomic mass is 19.3. The summed E-state index contributed by atoms with van der Waals surface area (Å²) in [6.07, 6.45) is -1.98. The second kappa shape index (κ2) is 2.73. The second-order valence-electron chi connectivity index (χ2n) is 1.91. The van der Waals surface area contributed by atoms with Crippen molar-refractivity contribution in [2.24, 2.45) is 7.05 Å². The third-order valence-corrected chi connectivity index (χ3v) is 1.17. The van der Waals surface area contributed by atoms with E-state index in [1.54, 1.807) is 0 Å². The molecule has 0 unspecified atom stereocenters. The van der Waals surface area contributed by atoms with Crippen molar-refractivity contribution < 1.29 is 13.6 Å². The van der Waals surface area contributed by atoms with Gasteiger partial charge in [0.1, 0.15) is 5.69 Å². The van der Waals surface area contributed by atoms with E-state index in [0.717, 1.165) is 10.9 Å². The maximum atomic E-state index is 11.8. The highest BCUT2D eigenvalue weighted by molar-refractivity contribution is 5.96. The smallest absolute Gasteiger partial charge is 0.286 e. The molecule has 1 heterocycles. The first-order valence-electron chi connectivity index (χ1n) is 2.80. The van der Waals surface area contributed by atoms with E-state index in [-0.39, 0.29) is 5.69 Å². The van der Waals surface area contributed by atoms with Crippen LogP contribution in [0, 0.1) is 0 Å².